The molecule has 1 atom stereocenters. The number of thioether (sulfide) groups is 1. The Hall–Kier alpha value is -1.50. The van der Waals surface area contributed by atoms with Crippen LogP contribution in [0.15, 0.2) is 17.6 Å². The highest BCUT2D eigenvalue weighted by molar-refractivity contribution is 7.99. The monoisotopic (exact) mass is 269 g/mol. The quantitative estimate of drug-likeness (QED) is 0.785. The van der Waals surface area contributed by atoms with Crippen molar-refractivity contribution in [3.05, 3.63) is 12.4 Å². The van der Waals surface area contributed by atoms with Crippen LogP contribution >= 0.6 is 11.8 Å². The molecule has 18 heavy (non-hydrogen) atoms. The average molecular weight is 269 g/mol. The maximum absolute atomic E-state index is 11.6. The topological polar surface area (TPSA) is 75.4 Å². The molecular weight excluding hydrogens is 254 g/mol. The number of amides is 1. The summed E-state index contributed by atoms with van der Waals surface area (Å²) in [6.45, 7) is 0.898. The van der Waals surface area contributed by atoms with Crippen molar-refractivity contribution in [1.29, 1.82) is 0 Å². The predicted molar refractivity (Wildman–Crippen MR) is 66.3 cm³/mol. The Kier molecular flexibility index (Phi) is 3.90. The van der Waals surface area contributed by atoms with E-state index >= 15 is 0 Å². The zero-order valence-electron chi connectivity index (χ0n) is 10.1. The molecule has 2 rings (SSSR count). The van der Waals surface area contributed by atoms with Crippen molar-refractivity contribution in [2.45, 2.75) is 11.6 Å². The van der Waals surface area contributed by atoms with E-state index in [-0.39, 0.29) is 12.3 Å². The van der Waals surface area contributed by atoms with E-state index < -0.39 is 11.9 Å². The first-order valence-corrected chi connectivity index (χ1v) is 6.67. The molecule has 0 aromatic carbocycles. The normalized spacial score (nSPS) is 19.5. The molecule has 1 fully saturated rings. The first-order valence-electron chi connectivity index (χ1n) is 5.68. The van der Waals surface area contributed by atoms with Crippen molar-refractivity contribution in [2.75, 3.05) is 18.8 Å². The van der Waals surface area contributed by atoms with Gasteiger partial charge >= 0.3 is 5.97 Å². The highest BCUT2D eigenvalue weighted by Gasteiger charge is 2.33. The number of nitrogens with zero attached hydrogens (tertiary/aromatic N) is 3. The summed E-state index contributed by atoms with van der Waals surface area (Å²) in [6, 6.07) is 0. The van der Waals surface area contributed by atoms with Crippen molar-refractivity contribution < 1.29 is 14.7 Å². The summed E-state index contributed by atoms with van der Waals surface area (Å²) in [6.07, 6.45) is 3.72. The fourth-order valence-electron chi connectivity index (χ4n) is 1.89. The Balaban J connectivity index is 1.79. The van der Waals surface area contributed by atoms with Crippen LogP contribution in [-0.2, 0) is 16.6 Å². The summed E-state index contributed by atoms with van der Waals surface area (Å²) >= 11 is 1.56. The zero-order chi connectivity index (χ0) is 13.1. The number of carbonyl (C=O) groups excluding carboxylic acids is 1. The third-order valence-electron chi connectivity index (χ3n) is 2.93. The Morgan fingerprint density at radius 3 is 3.00 bits per heavy atom. The van der Waals surface area contributed by atoms with Gasteiger partial charge in [-0.3, -0.25) is 9.59 Å². The van der Waals surface area contributed by atoms with Gasteiger partial charge in [0, 0.05) is 44.7 Å². The van der Waals surface area contributed by atoms with E-state index in [0.29, 0.717) is 13.1 Å². The molecule has 1 unspecified atom stereocenters. The van der Waals surface area contributed by atoms with Gasteiger partial charge in [-0.25, -0.2) is 4.98 Å². The van der Waals surface area contributed by atoms with Crippen molar-refractivity contribution in [3.8, 4) is 0 Å². The van der Waals surface area contributed by atoms with Crippen LogP contribution in [0.1, 0.15) is 6.42 Å². The fraction of sp³-hybridized carbons (Fsp3) is 0.545. The minimum atomic E-state index is -0.886. The van der Waals surface area contributed by atoms with E-state index in [1.54, 1.807) is 22.9 Å². The molecule has 0 aliphatic carbocycles. The molecule has 0 bridgehead atoms. The van der Waals surface area contributed by atoms with Crippen molar-refractivity contribution >= 4 is 23.6 Å². The van der Waals surface area contributed by atoms with Crippen LogP contribution in [0, 0.1) is 5.92 Å². The highest BCUT2D eigenvalue weighted by atomic mass is 32.2. The van der Waals surface area contributed by atoms with Crippen molar-refractivity contribution in [3.63, 3.8) is 0 Å². The Labute approximate surface area is 109 Å². The molecule has 1 aromatic heterocycles. The lowest BCUT2D eigenvalue weighted by atomic mass is 10.1. The predicted octanol–water partition coefficient (Wildman–Crippen LogP) is 0.445. The maximum Gasteiger partial charge on any atom is 0.308 e. The SMILES string of the molecule is Cn1ccnc1SCCN1CC(C(=O)O)CC1=O. The minimum absolute atomic E-state index is 0.0668. The summed E-state index contributed by atoms with van der Waals surface area (Å²) in [5, 5.41) is 9.76. The number of aliphatic carboxylic acids is 1. The lowest BCUT2D eigenvalue weighted by molar-refractivity contribution is -0.141. The first-order chi connectivity index (χ1) is 8.58. The van der Waals surface area contributed by atoms with E-state index in [9.17, 15) is 9.59 Å². The van der Waals surface area contributed by atoms with E-state index in [0.717, 1.165) is 10.9 Å². The third kappa shape index (κ3) is 2.84. The molecule has 0 spiro atoms. The second-order valence-electron chi connectivity index (χ2n) is 4.25. The molecule has 1 saturated heterocycles. The van der Waals surface area contributed by atoms with Crippen LogP contribution in [-0.4, -0.2) is 50.3 Å². The van der Waals surface area contributed by atoms with E-state index in [1.807, 2.05) is 17.8 Å². The second kappa shape index (κ2) is 5.43. The highest BCUT2D eigenvalue weighted by Crippen LogP contribution is 2.20. The van der Waals surface area contributed by atoms with Gasteiger partial charge in [-0.15, -0.1) is 0 Å². The van der Waals surface area contributed by atoms with E-state index in [2.05, 4.69) is 4.98 Å². The third-order valence-corrected chi connectivity index (χ3v) is 3.97. The standard InChI is InChI=1S/C11H15N3O3S/c1-13-3-2-12-11(13)18-5-4-14-7-8(10(16)17)6-9(14)15/h2-3,8H,4-7H2,1H3,(H,16,17). The lowest BCUT2D eigenvalue weighted by Gasteiger charge is -2.15. The molecule has 1 amide bonds. The number of hydrogen-bond acceptors (Lipinski definition) is 4. The lowest BCUT2D eigenvalue weighted by Crippen LogP contribution is -2.28. The molecule has 2 heterocycles. The van der Waals surface area contributed by atoms with E-state index in [4.69, 9.17) is 5.11 Å². The van der Waals surface area contributed by atoms with Crippen LogP contribution < -0.4 is 0 Å². The molecular formula is C11H15N3O3S. The Morgan fingerprint density at radius 2 is 2.44 bits per heavy atom. The average Bonchev–Trinajstić information content (AvgIpc) is 2.87. The molecule has 1 aliphatic rings. The number of imidazole rings is 1. The van der Waals surface area contributed by atoms with Crippen molar-refractivity contribution in [1.82, 2.24) is 14.5 Å². The number of aromatic nitrogens is 2. The number of carboxylic acid groups (broad SMARTS) is 1. The van der Waals surface area contributed by atoms with Gasteiger partial charge in [0.25, 0.3) is 0 Å². The summed E-state index contributed by atoms with van der Waals surface area (Å²) in [5.74, 6) is -0.774. The molecule has 1 N–H and O–H groups in total. The van der Waals surface area contributed by atoms with Gasteiger partial charge in [0.05, 0.1) is 5.92 Å². The number of aryl methyl sites for hydroxylation is 1. The van der Waals surface area contributed by atoms with Gasteiger partial charge in [0.15, 0.2) is 5.16 Å². The largest absolute Gasteiger partial charge is 0.481 e. The summed E-state index contributed by atoms with van der Waals surface area (Å²) in [4.78, 5) is 28.2. The van der Waals surface area contributed by atoms with Gasteiger partial charge < -0.3 is 14.6 Å². The van der Waals surface area contributed by atoms with Crippen LogP contribution in [0.2, 0.25) is 0 Å². The number of carboxylic acids is 1. The smallest absolute Gasteiger partial charge is 0.308 e. The zero-order valence-corrected chi connectivity index (χ0v) is 10.9. The summed E-state index contributed by atoms with van der Waals surface area (Å²) in [5.41, 5.74) is 0. The van der Waals surface area contributed by atoms with Gasteiger partial charge in [-0.1, -0.05) is 11.8 Å². The fourth-order valence-corrected chi connectivity index (χ4v) is 2.79. The Morgan fingerprint density at radius 1 is 1.67 bits per heavy atom. The molecule has 1 aromatic rings. The van der Waals surface area contributed by atoms with Gasteiger partial charge in [-0.05, 0) is 0 Å². The van der Waals surface area contributed by atoms with Crippen molar-refractivity contribution in [2.24, 2.45) is 13.0 Å². The van der Waals surface area contributed by atoms with Crippen LogP contribution in [0.25, 0.3) is 0 Å². The summed E-state index contributed by atoms with van der Waals surface area (Å²) < 4.78 is 1.91. The van der Waals surface area contributed by atoms with Crippen LogP contribution in [0.4, 0.5) is 0 Å². The van der Waals surface area contributed by atoms with Gasteiger partial charge in [-0.2, -0.15) is 0 Å². The molecule has 1 aliphatic heterocycles. The first kappa shape index (κ1) is 12.9. The number of rotatable bonds is 5. The van der Waals surface area contributed by atoms with Crippen LogP contribution in [0.3, 0.4) is 0 Å². The van der Waals surface area contributed by atoms with E-state index in [1.165, 1.54) is 0 Å². The molecule has 0 radical (unpaired) electrons. The molecule has 98 valence electrons. The number of likely N-dealkylation sites (tertiary alicyclic amines) is 1. The molecule has 0 saturated carbocycles. The minimum Gasteiger partial charge on any atom is -0.481 e. The maximum atomic E-state index is 11.6. The van der Waals surface area contributed by atoms with Gasteiger partial charge in [0.2, 0.25) is 5.91 Å². The molecule has 7 heteroatoms. The van der Waals surface area contributed by atoms with Gasteiger partial charge in [0.1, 0.15) is 0 Å². The summed E-state index contributed by atoms with van der Waals surface area (Å²) in [7, 11) is 1.91. The number of hydrogen-bond donors (Lipinski definition) is 1. The second-order valence-corrected chi connectivity index (χ2v) is 5.31. The van der Waals surface area contributed by atoms with Crippen LogP contribution in [0.5, 0.6) is 0 Å². The number of carbonyl (C=O) groups is 2. The molecule has 6 nitrogen and oxygen atoms in total. The Bertz CT molecular complexity index is 460.